The van der Waals surface area contributed by atoms with E-state index in [0.717, 1.165) is 12.5 Å². The topological polar surface area (TPSA) is 50.2 Å². The van der Waals surface area contributed by atoms with Crippen LogP contribution < -0.4 is 10.9 Å². The highest BCUT2D eigenvalue weighted by molar-refractivity contribution is 5.31. The number of likely N-dealkylation sites (N-methyl/N-ethyl adjacent to an activating group) is 1. The minimum absolute atomic E-state index is 0.0646. The van der Waals surface area contributed by atoms with Gasteiger partial charge < -0.3 is 14.8 Å². The summed E-state index contributed by atoms with van der Waals surface area (Å²) in [6.45, 7) is 3.09. The van der Waals surface area contributed by atoms with Crippen LogP contribution in [0.15, 0.2) is 17.2 Å². The van der Waals surface area contributed by atoms with Crippen molar-refractivity contribution in [3.05, 3.63) is 22.7 Å². The maximum absolute atomic E-state index is 12.0. The first kappa shape index (κ1) is 15.0. The highest BCUT2D eigenvalue weighted by Gasteiger charge is 2.36. The van der Waals surface area contributed by atoms with Crippen molar-refractivity contribution in [2.24, 2.45) is 13.0 Å². The molecule has 2 unspecified atom stereocenters. The van der Waals surface area contributed by atoms with Crippen LogP contribution in [-0.2, 0) is 7.05 Å². The third kappa shape index (κ3) is 3.03. The fourth-order valence-corrected chi connectivity index (χ4v) is 3.22. The van der Waals surface area contributed by atoms with Crippen molar-refractivity contribution in [3.63, 3.8) is 0 Å². The van der Waals surface area contributed by atoms with Gasteiger partial charge in [0.1, 0.15) is 0 Å². The molecule has 0 saturated heterocycles. The Hall–Kier alpha value is -1.36. The van der Waals surface area contributed by atoms with Crippen molar-refractivity contribution in [1.82, 2.24) is 14.5 Å². The van der Waals surface area contributed by atoms with Gasteiger partial charge in [-0.1, -0.05) is 19.8 Å². The van der Waals surface area contributed by atoms with Crippen molar-refractivity contribution < 1.29 is 0 Å². The second-order valence-electron chi connectivity index (χ2n) is 6.37. The molecule has 0 radical (unpaired) electrons. The summed E-state index contributed by atoms with van der Waals surface area (Å²) in [6, 6.07) is 0. The molecule has 112 valence electrons. The van der Waals surface area contributed by atoms with Gasteiger partial charge in [-0.3, -0.25) is 4.79 Å². The predicted octanol–water partition coefficient (Wildman–Crippen LogP) is 1.70. The minimum Gasteiger partial charge on any atom is -0.364 e. The molecule has 1 saturated carbocycles. The van der Waals surface area contributed by atoms with Gasteiger partial charge in [-0.05, 0) is 32.9 Å². The molecule has 1 aromatic rings. The average molecular weight is 278 g/mol. The number of hydrogen-bond donors (Lipinski definition) is 1. The summed E-state index contributed by atoms with van der Waals surface area (Å²) >= 11 is 0. The Balaban J connectivity index is 2.13. The van der Waals surface area contributed by atoms with Gasteiger partial charge in [0, 0.05) is 31.5 Å². The molecule has 2 atom stereocenters. The monoisotopic (exact) mass is 278 g/mol. The molecule has 0 bridgehead atoms. The fourth-order valence-electron chi connectivity index (χ4n) is 3.22. The van der Waals surface area contributed by atoms with Crippen LogP contribution >= 0.6 is 0 Å². The van der Waals surface area contributed by atoms with E-state index in [4.69, 9.17) is 0 Å². The lowest BCUT2D eigenvalue weighted by molar-refractivity contribution is 0.0881. The van der Waals surface area contributed by atoms with Gasteiger partial charge in [0.2, 0.25) is 0 Å². The van der Waals surface area contributed by atoms with Crippen LogP contribution in [0.2, 0.25) is 0 Å². The zero-order valence-corrected chi connectivity index (χ0v) is 13.0. The van der Waals surface area contributed by atoms with Gasteiger partial charge in [-0.15, -0.1) is 0 Å². The highest BCUT2D eigenvalue weighted by Crippen LogP contribution is 2.35. The maximum Gasteiger partial charge on any atom is 0.293 e. The fraction of sp³-hybridized carbons (Fsp3) is 0.733. The van der Waals surface area contributed by atoms with E-state index < -0.39 is 0 Å². The van der Waals surface area contributed by atoms with E-state index in [1.54, 1.807) is 24.0 Å². The van der Waals surface area contributed by atoms with Crippen LogP contribution in [0.3, 0.4) is 0 Å². The zero-order valence-electron chi connectivity index (χ0n) is 13.0. The van der Waals surface area contributed by atoms with E-state index >= 15 is 0 Å². The van der Waals surface area contributed by atoms with E-state index in [9.17, 15) is 4.79 Å². The Morgan fingerprint density at radius 1 is 1.55 bits per heavy atom. The molecule has 1 fully saturated rings. The molecule has 1 N–H and O–H groups in total. The first-order chi connectivity index (χ1) is 9.44. The summed E-state index contributed by atoms with van der Waals surface area (Å²) in [4.78, 5) is 18.5. The molecule has 0 aromatic carbocycles. The SMILES string of the molecule is CC1CCCC(CNc2nccn(C)c2=O)(N(C)C)C1. The lowest BCUT2D eigenvalue weighted by Crippen LogP contribution is -2.52. The predicted molar refractivity (Wildman–Crippen MR) is 82.0 cm³/mol. The molecule has 20 heavy (non-hydrogen) atoms. The molecule has 1 aliphatic carbocycles. The Morgan fingerprint density at radius 3 is 2.95 bits per heavy atom. The standard InChI is InChI=1S/C15H26N4O/c1-12-6-5-7-15(10-12,18(2)3)11-17-13-14(20)19(4)9-8-16-13/h8-9,12H,5-7,10-11H2,1-4H3,(H,16,17). The molecule has 1 aromatic heterocycles. The van der Waals surface area contributed by atoms with E-state index in [-0.39, 0.29) is 11.1 Å². The molecule has 1 heterocycles. The van der Waals surface area contributed by atoms with E-state index in [1.807, 2.05) is 0 Å². The second-order valence-corrected chi connectivity index (χ2v) is 6.37. The van der Waals surface area contributed by atoms with Crippen molar-refractivity contribution >= 4 is 5.82 Å². The van der Waals surface area contributed by atoms with Crippen LogP contribution in [0.5, 0.6) is 0 Å². The van der Waals surface area contributed by atoms with Crippen molar-refractivity contribution in [2.75, 3.05) is 26.0 Å². The van der Waals surface area contributed by atoms with Crippen molar-refractivity contribution in [2.45, 2.75) is 38.1 Å². The molecule has 5 nitrogen and oxygen atoms in total. The second kappa shape index (κ2) is 5.95. The number of nitrogens with zero attached hydrogens (tertiary/aromatic N) is 3. The summed E-state index contributed by atoms with van der Waals surface area (Å²) in [5.41, 5.74) is 0.0606. The Labute approximate surface area is 121 Å². The van der Waals surface area contributed by atoms with Crippen molar-refractivity contribution in [3.8, 4) is 0 Å². The van der Waals surface area contributed by atoms with Crippen molar-refractivity contribution in [1.29, 1.82) is 0 Å². The van der Waals surface area contributed by atoms with Crippen LogP contribution in [-0.4, -0.2) is 40.6 Å². The average Bonchev–Trinajstić information content (AvgIpc) is 2.40. The Morgan fingerprint density at radius 2 is 2.30 bits per heavy atom. The smallest absolute Gasteiger partial charge is 0.293 e. The molecular formula is C15H26N4O. The third-order valence-corrected chi connectivity index (χ3v) is 4.62. The summed E-state index contributed by atoms with van der Waals surface area (Å²) in [6.07, 6.45) is 8.24. The lowest BCUT2D eigenvalue weighted by atomic mass is 9.75. The number of hydrogen-bond acceptors (Lipinski definition) is 4. The molecule has 0 spiro atoms. The van der Waals surface area contributed by atoms with Gasteiger partial charge in [0.25, 0.3) is 5.56 Å². The van der Waals surface area contributed by atoms with E-state index in [1.165, 1.54) is 25.7 Å². The zero-order chi connectivity index (χ0) is 14.8. The number of rotatable bonds is 4. The van der Waals surface area contributed by atoms with Crippen LogP contribution in [0.1, 0.15) is 32.6 Å². The quantitative estimate of drug-likeness (QED) is 0.911. The third-order valence-electron chi connectivity index (χ3n) is 4.62. The minimum atomic E-state index is -0.0646. The summed E-state index contributed by atoms with van der Waals surface area (Å²) in [5.74, 6) is 1.19. The molecule has 0 aliphatic heterocycles. The summed E-state index contributed by atoms with van der Waals surface area (Å²) in [7, 11) is 6.02. The van der Waals surface area contributed by atoms with Crippen LogP contribution in [0.4, 0.5) is 5.82 Å². The Bertz CT molecular complexity index is 511. The molecule has 1 aliphatic rings. The molecule has 5 heteroatoms. The van der Waals surface area contributed by atoms with Gasteiger partial charge >= 0.3 is 0 Å². The van der Waals surface area contributed by atoms with Gasteiger partial charge in [0.05, 0.1) is 0 Å². The first-order valence-electron chi connectivity index (χ1n) is 7.37. The lowest BCUT2D eigenvalue weighted by Gasteiger charge is -2.45. The van der Waals surface area contributed by atoms with Crippen LogP contribution in [0.25, 0.3) is 0 Å². The van der Waals surface area contributed by atoms with Gasteiger partial charge in [0.15, 0.2) is 5.82 Å². The normalized spacial score (nSPS) is 26.8. The van der Waals surface area contributed by atoms with E-state index in [2.05, 4.69) is 36.2 Å². The largest absolute Gasteiger partial charge is 0.364 e. The maximum atomic E-state index is 12.0. The Kier molecular flexibility index (Phi) is 4.48. The van der Waals surface area contributed by atoms with E-state index in [0.29, 0.717) is 5.82 Å². The van der Waals surface area contributed by atoms with Gasteiger partial charge in [-0.25, -0.2) is 4.98 Å². The summed E-state index contributed by atoms with van der Waals surface area (Å²) in [5, 5.41) is 3.28. The summed E-state index contributed by atoms with van der Waals surface area (Å²) < 4.78 is 1.56. The highest BCUT2D eigenvalue weighted by atomic mass is 16.1. The number of nitrogens with one attached hydrogen (secondary N) is 1. The number of anilines is 1. The van der Waals surface area contributed by atoms with Gasteiger partial charge in [-0.2, -0.15) is 0 Å². The van der Waals surface area contributed by atoms with Crippen LogP contribution in [0, 0.1) is 5.92 Å². The molecular weight excluding hydrogens is 252 g/mol. The number of aryl methyl sites for hydroxylation is 1. The first-order valence-corrected chi connectivity index (χ1v) is 7.37. The molecule has 0 amide bonds. The number of aromatic nitrogens is 2. The molecule has 2 rings (SSSR count).